The van der Waals surface area contributed by atoms with E-state index in [0.29, 0.717) is 6.54 Å². The van der Waals surface area contributed by atoms with E-state index in [2.05, 4.69) is 57.0 Å². The predicted molar refractivity (Wildman–Crippen MR) is 125 cm³/mol. The number of aryl methyl sites for hydroxylation is 1. The fraction of sp³-hybridized carbons (Fsp3) is 0.250. The van der Waals surface area contributed by atoms with Crippen LogP contribution in [0, 0.1) is 6.92 Å². The molecule has 160 valence electrons. The molecule has 2 heterocycles. The molecule has 0 aliphatic heterocycles. The number of hydrogen-bond donors (Lipinski definition) is 3. The first kappa shape index (κ1) is 20.5. The molecule has 7 nitrogen and oxygen atoms in total. The van der Waals surface area contributed by atoms with Crippen LogP contribution in [0.15, 0.2) is 65.9 Å². The Morgan fingerprint density at radius 2 is 1.97 bits per heavy atom. The van der Waals surface area contributed by atoms with Gasteiger partial charge in [-0.15, -0.1) is 0 Å². The lowest BCUT2D eigenvalue weighted by molar-refractivity contribution is 0.414. The van der Waals surface area contributed by atoms with E-state index < -0.39 is 0 Å². The Morgan fingerprint density at radius 3 is 2.74 bits per heavy atom. The molecule has 4 aromatic rings. The van der Waals surface area contributed by atoms with Gasteiger partial charge < -0.3 is 20.4 Å². The van der Waals surface area contributed by atoms with Crippen LogP contribution in [-0.2, 0) is 13.0 Å². The van der Waals surface area contributed by atoms with Crippen molar-refractivity contribution in [1.29, 1.82) is 0 Å². The van der Waals surface area contributed by atoms with Crippen molar-refractivity contribution in [3.63, 3.8) is 0 Å². The topological polar surface area (TPSA) is 79.3 Å². The number of guanidine groups is 1. The van der Waals surface area contributed by atoms with Crippen LogP contribution in [0.3, 0.4) is 0 Å². The van der Waals surface area contributed by atoms with E-state index in [0.717, 1.165) is 36.1 Å². The number of aliphatic imine (C=N–C) groups is 1. The molecule has 0 saturated heterocycles. The van der Waals surface area contributed by atoms with Crippen LogP contribution >= 0.6 is 0 Å². The molecule has 0 bridgehead atoms. The summed E-state index contributed by atoms with van der Waals surface area (Å²) in [7, 11) is 3.44. The summed E-state index contributed by atoms with van der Waals surface area (Å²) >= 11 is 0. The lowest BCUT2D eigenvalue weighted by atomic mass is 10.1. The zero-order valence-electron chi connectivity index (χ0n) is 18.1. The second-order valence-electron chi connectivity index (χ2n) is 7.42. The van der Waals surface area contributed by atoms with Gasteiger partial charge in [-0.2, -0.15) is 5.10 Å². The number of nitrogens with zero attached hydrogens (tertiary/aromatic N) is 3. The van der Waals surface area contributed by atoms with Gasteiger partial charge in [-0.1, -0.05) is 12.1 Å². The Balaban J connectivity index is 1.29. The first-order valence-corrected chi connectivity index (χ1v) is 10.4. The summed E-state index contributed by atoms with van der Waals surface area (Å²) in [4.78, 5) is 7.68. The van der Waals surface area contributed by atoms with Gasteiger partial charge >= 0.3 is 0 Å². The molecule has 7 heteroatoms. The zero-order chi connectivity index (χ0) is 21.6. The molecule has 0 amide bonds. The monoisotopic (exact) mass is 416 g/mol. The predicted octanol–water partition coefficient (Wildman–Crippen LogP) is 3.58. The average Bonchev–Trinajstić information content (AvgIpc) is 3.43. The Kier molecular flexibility index (Phi) is 6.21. The summed E-state index contributed by atoms with van der Waals surface area (Å²) in [5.41, 5.74) is 5.67. The molecule has 0 aliphatic rings. The maximum Gasteiger partial charge on any atom is 0.191 e. The summed E-state index contributed by atoms with van der Waals surface area (Å²) < 4.78 is 7.06. The van der Waals surface area contributed by atoms with Crippen molar-refractivity contribution in [3.05, 3.63) is 77.7 Å². The van der Waals surface area contributed by atoms with E-state index in [1.807, 2.05) is 41.2 Å². The minimum atomic E-state index is 0.592. The second-order valence-corrected chi connectivity index (χ2v) is 7.42. The Labute approximate surface area is 182 Å². The number of benzene rings is 2. The number of H-pyrrole nitrogens is 1. The highest BCUT2D eigenvalue weighted by Crippen LogP contribution is 2.19. The third kappa shape index (κ3) is 4.88. The van der Waals surface area contributed by atoms with E-state index in [1.165, 1.54) is 22.0 Å². The summed E-state index contributed by atoms with van der Waals surface area (Å²) in [6.45, 7) is 3.49. The SMILES string of the molecule is CN=C(NCCc1c[nH]c2cc(C)ccc12)NCc1ccn(-c2ccc(OC)cc2)n1. The van der Waals surface area contributed by atoms with Crippen molar-refractivity contribution in [2.45, 2.75) is 19.9 Å². The molecule has 0 spiro atoms. The number of aromatic nitrogens is 3. The van der Waals surface area contributed by atoms with Gasteiger partial charge in [0, 0.05) is 36.9 Å². The Hall–Kier alpha value is -3.74. The van der Waals surface area contributed by atoms with Crippen LogP contribution in [0.5, 0.6) is 5.75 Å². The molecule has 0 atom stereocenters. The third-order valence-corrected chi connectivity index (χ3v) is 5.25. The first-order chi connectivity index (χ1) is 15.2. The molecule has 3 N–H and O–H groups in total. The van der Waals surface area contributed by atoms with E-state index in [1.54, 1.807) is 14.2 Å². The fourth-order valence-corrected chi connectivity index (χ4v) is 3.55. The molecule has 0 aliphatic carbocycles. The molecule has 0 unspecified atom stereocenters. The lowest BCUT2D eigenvalue weighted by Crippen LogP contribution is -2.37. The summed E-state index contributed by atoms with van der Waals surface area (Å²) in [6.07, 6.45) is 4.96. The molecule has 0 radical (unpaired) electrons. The van der Waals surface area contributed by atoms with Crippen molar-refractivity contribution in [1.82, 2.24) is 25.4 Å². The lowest BCUT2D eigenvalue weighted by Gasteiger charge is -2.11. The fourth-order valence-electron chi connectivity index (χ4n) is 3.55. The van der Waals surface area contributed by atoms with Crippen LogP contribution in [0.2, 0.25) is 0 Å². The van der Waals surface area contributed by atoms with Gasteiger partial charge in [-0.25, -0.2) is 4.68 Å². The van der Waals surface area contributed by atoms with Gasteiger partial charge in [0.15, 0.2) is 5.96 Å². The standard InChI is InChI=1S/C24H28N6O/c1-17-4-9-22-18(15-27-23(22)14-17)10-12-26-24(25-2)28-16-19-11-13-30(29-19)20-5-7-21(31-3)8-6-20/h4-9,11,13-15,27H,10,12,16H2,1-3H3,(H2,25,26,28). The third-order valence-electron chi connectivity index (χ3n) is 5.25. The normalized spacial score (nSPS) is 11.6. The first-order valence-electron chi connectivity index (χ1n) is 10.4. The van der Waals surface area contributed by atoms with Crippen LogP contribution in [0.25, 0.3) is 16.6 Å². The van der Waals surface area contributed by atoms with Gasteiger partial charge in [0.25, 0.3) is 0 Å². The van der Waals surface area contributed by atoms with Gasteiger partial charge in [0.1, 0.15) is 5.75 Å². The highest BCUT2D eigenvalue weighted by Gasteiger charge is 2.06. The average molecular weight is 417 g/mol. The van der Waals surface area contributed by atoms with Crippen molar-refractivity contribution < 1.29 is 4.74 Å². The second kappa shape index (κ2) is 9.38. The molecule has 31 heavy (non-hydrogen) atoms. The number of nitrogens with one attached hydrogen (secondary N) is 3. The minimum Gasteiger partial charge on any atom is -0.497 e. The molecular weight excluding hydrogens is 388 g/mol. The van der Waals surface area contributed by atoms with Crippen LogP contribution in [0.1, 0.15) is 16.8 Å². The van der Waals surface area contributed by atoms with Gasteiger partial charge in [-0.3, -0.25) is 4.99 Å². The smallest absolute Gasteiger partial charge is 0.191 e. The maximum absolute atomic E-state index is 5.21. The summed E-state index contributed by atoms with van der Waals surface area (Å²) in [5.74, 6) is 1.59. The number of aromatic amines is 1. The van der Waals surface area contributed by atoms with Crippen molar-refractivity contribution >= 4 is 16.9 Å². The van der Waals surface area contributed by atoms with Gasteiger partial charge in [-0.05, 0) is 60.9 Å². The van der Waals surface area contributed by atoms with Crippen molar-refractivity contribution in [3.8, 4) is 11.4 Å². The van der Waals surface area contributed by atoms with Crippen LogP contribution in [-0.4, -0.2) is 41.4 Å². The number of hydrogen-bond acceptors (Lipinski definition) is 3. The highest BCUT2D eigenvalue weighted by atomic mass is 16.5. The summed E-state index contributed by atoms with van der Waals surface area (Å²) in [6, 6.07) is 16.3. The van der Waals surface area contributed by atoms with Gasteiger partial charge in [0.2, 0.25) is 0 Å². The van der Waals surface area contributed by atoms with Crippen molar-refractivity contribution in [2.24, 2.45) is 4.99 Å². The van der Waals surface area contributed by atoms with E-state index in [4.69, 9.17) is 4.74 Å². The van der Waals surface area contributed by atoms with Crippen LogP contribution < -0.4 is 15.4 Å². The Morgan fingerprint density at radius 1 is 1.13 bits per heavy atom. The number of rotatable bonds is 7. The van der Waals surface area contributed by atoms with Crippen molar-refractivity contribution in [2.75, 3.05) is 20.7 Å². The molecule has 0 saturated carbocycles. The largest absolute Gasteiger partial charge is 0.497 e. The molecular formula is C24H28N6O. The molecule has 0 fully saturated rings. The number of ether oxygens (including phenoxy) is 1. The Bertz CT molecular complexity index is 1170. The van der Waals surface area contributed by atoms with E-state index in [9.17, 15) is 0 Å². The minimum absolute atomic E-state index is 0.592. The quantitative estimate of drug-likeness (QED) is 0.318. The number of fused-ring (bicyclic) bond motifs is 1. The maximum atomic E-state index is 5.21. The molecule has 4 rings (SSSR count). The van der Waals surface area contributed by atoms with E-state index >= 15 is 0 Å². The van der Waals surface area contributed by atoms with Gasteiger partial charge in [0.05, 0.1) is 25.0 Å². The van der Waals surface area contributed by atoms with Crippen LogP contribution in [0.4, 0.5) is 0 Å². The molecule has 2 aromatic heterocycles. The highest BCUT2D eigenvalue weighted by molar-refractivity contribution is 5.84. The zero-order valence-corrected chi connectivity index (χ0v) is 18.1. The number of methoxy groups -OCH3 is 1. The van der Waals surface area contributed by atoms with E-state index in [-0.39, 0.29) is 0 Å². The summed E-state index contributed by atoms with van der Waals surface area (Å²) in [5, 5.41) is 12.6. The molecule has 2 aromatic carbocycles.